The van der Waals surface area contributed by atoms with Crippen molar-refractivity contribution in [3.63, 3.8) is 0 Å². The van der Waals surface area contributed by atoms with Gasteiger partial charge < -0.3 is 5.32 Å². The van der Waals surface area contributed by atoms with E-state index in [-0.39, 0.29) is 11.6 Å². The molecule has 4 heteroatoms. The first-order valence-corrected chi connectivity index (χ1v) is 9.95. The quantitative estimate of drug-likeness (QED) is 0.696. The molecule has 1 atom stereocenters. The molecule has 0 aliphatic carbocycles. The topological polar surface area (TPSA) is 51.5 Å². The Morgan fingerprint density at radius 1 is 1.04 bits per heavy atom. The van der Waals surface area contributed by atoms with Crippen LogP contribution in [0.1, 0.15) is 51.5 Å². The van der Waals surface area contributed by atoms with Gasteiger partial charge in [0.15, 0.2) is 5.82 Å². The summed E-state index contributed by atoms with van der Waals surface area (Å²) in [4.78, 5) is 18.2. The van der Waals surface area contributed by atoms with Crippen molar-refractivity contribution in [2.75, 3.05) is 6.54 Å². The maximum atomic E-state index is 13.3. The molecule has 4 nitrogen and oxygen atoms in total. The molecule has 1 aromatic heterocycles. The smallest absolute Gasteiger partial charge is 0.266 e. The number of hydrogen-bond acceptors (Lipinski definition) is 2. The van der Waals surface area contributed by atoms with Crippen LogP contribution in [0.15, 0.2) is 53.3 Å². The summed E-state index contributed by atoms with van der Waals surface area (Å²) in [7, 11) is 0. The number of benzene rings is 2. The lowest BCUT2D eigenvalue weighted by Gasteiger charge is -2.18. The second-order valence-corrected chi connectivity index (χ2v) is 7.64. The first kappa shape index (κ1) is 19.3. The van der Waals surface area contributed by atoms with Gasteiger partial charge in [-0.25, -0.2) is 4.98 Å². The van der Waals surface area contributed by atoms with Crippen LogP contribution in [0.25, 0.3) is 16.6 Å². The van der Waals surface area contributed by atoms with Crippen LogP contribution in [0.2, 0.25) is 0 Å². The molecule has 0 saturated carbocycles. The van der Waals surface area contributed by atoms with Gasteiger partial charge in [0.2, 0.25) is 0 Å². The third kappa shape index (κ3) is 4.28. The van der Waals surface area contributed by atoms with E-state index in [9.17, 15) is 4.79 Å². The van der Waals surface area contributed by atoms with Crippen LogP contribution in [0.4, 0.5) is 0 Å². The van der Waals surface area contributed by atoms with Crippen molar-refractivity contribution in [1.82, 2.24) is 9.55 Å². The molecule has 3 rings (SSSR count). The number of nitrogens with zero attached hydrogens (tertiary/aromatic N) is 2. The molecule has 0 fully saturated rings. The van der Waals surface area contributed by atoms with Crippen LogP contribution in [0.3, 0.4) is 0 Å². The summed E-state index contributed by atoms with van der Waals surface area (Å²) in [6.07, 6.45) is 2.13. The summed E-state index contributed by atoms with van der Waals surface area (Å²) in [5.41, 5.74) is 2.92. The van der Waals surface area contributed by atoms with Gasteiger partial charge in [0.05, 0.1) is 23.1 Å². The van der Waals surface area contributed by atoms with Gasteiger partial charge in [0.25, 0.3) is 5.56 Å². The minimum absolute atomic E-state index is 0.00366. The van der Waals surface area contributed by atoms with Crippen LogP contribution in [-0.2, 0) is 6.42 Å². The van der Waals surface area contributed by atoms with E-state index in [1.165, 1.54) is 5.56 Å². The molecule has 0 aliphatic rings. The Kier molecular flexibility index (Phi) is 6.07. The predicted octanol–water partition coefficient (Wildman–Crippen LogP) is 3.62. The molecule has 0 bridgehead atoms. The second kappa shape index (κ2) is 8.49. The van der Waals surface area contributed by atoms with Crippen molar-refractivity contribution in [1.29, 1.82) is 0 Å². The molecule has 1 heterocycles. The summed E-state index contributed by atoms with van der Waals surface area (Å²) >= 11 is 0. The van der Waals surface area contributed by atoms with Gasteiger partial charge in [0.1, 0.15) is 6.04 Å². The third-order valence-electron chi connectivity index (χ3n) is 5.08. The van der Waals surface area contributed by atoms with Crippen LogP contribution in [0, 0.1) is 5.92 Å². The van der Waals surface area contributed by atoms with Crippen molar-refractivity contribution < 1.29 is 5.32 Å². The van der Waals surface area contributed by atoms with E-state index in [1.54, 1.807) is 4.57 Å². The molecule has 0 unspecified atom stereocenters. The molecule has 0 saturated heterocycles. The molecule has 0 aliphatic heterocycles. The zero-order valence-electron chi connectivity index (χ0n) is 16.8. The number of rotatable bonds is 7. The lowest BCUT2D eigenvalue weighted by Crippen LogP contribution is -2.85. The van der Waals surface area contributed by atoms with E-state index in [0.29, 0.717) is 11.3 Å². The van der Waals surface area contributed by atoms with Crippen LogP contribution in [-0.4, -0.2) is 16.1 Å². The van der Waals surface area contributed by atoms with Gasteiger partial charge in [-0.05, 0) is 55.5 Å². The Labute approximate surface area is 161 Å². The summed E-state index contributed by atoms with van der Waals surface area (Å²) < 4.78 is 1.79. The lowest BCUT2D eigenvalue weighted by atomic mass is 10.1. The zero-order valence-corrected chi connectivity index (χ0v) is 16.8. The Balaban J connectivity index is 2.10. The number of nitrogens with two attached hydrogens (primary N) is 1. The average molecular weight is 365 g/mol. The van der Waals surface area contributed by atoms with Gasteiger partial charge in [-0.2, -0.15) is 0 Å². The Bertz CT molecular complexity index is 958. The molecule has 27 heavy (non-hydrogen) atoms. The van der Waals surface area contributed by atoms with Crippen LogP contribution < -0.4 is 10.9 Å². The van der Waals surface area contributed by atoms with Crippen molar-refractivity contribution in [2.45, 2.75) is 46.6 Å². The van der Waals surface area contributed by atoms with E-state index in [4.69, 9.17) is 4.98 Å². The molecular formula is C23H30N3O+. The maximum Gasteiger partial charge on any atom is 0.266 e. The van der Waals surface area contributed by atoms with E-state index >= 15 is 0 Å². The van der Waals surface area contributed by atoms with Gasteiger partial charge in [-0.3, -0.25) is 9.36 Å². The summed E-state index contributed by atoms with van der Waals surface area (Å²) in [6, 6.07) is 16.0. The molecule has 2 N–H and O–H groups in total. The highest BCUT2D eigenvalue weighted by molar-refractivity contribution is 5.77. The largest absolute Gasteiger partial charge is 0.338 e. The minimum Gasteiger partial charge on any atom is -0.338 e. The molecule has 3 aromatic rings. The number of fused-ring (bicyclic) bond motifs is 1. The number of para-hydroxylation sites is 1. The zero-order chi connectivity index (χ0) is 19.4. The average Bonchev–Trinajstić information content (AvgIpc) is 2.67. The highest BCUT2D eigenvalue weighted by atomic mass is 16.1. The molecule has 142 valence electrons. The number of quaternary nitrogens is 1. The molecule has 0 spiro atoms. The van der Waals surface area contributed by atoms with Gasteiger partial charge >= 0.3 is 0 Å². The van der Waals surface area contributed by atoms with Gasteiger partial charge in [-0.1, -0.05) is 45.0 Å². The van der Waals surface area contributed by atoms with E-state index in [1.807, 2.05) is 36.4 Å². The third-order valence-corrected chi connectivity index (χ3v) is 5.08. The SMILES string of the molecule is CCc1ccc(-n2c([C@@H](C)[NH2+]CCC(C)C)nc3ccccc3c2=O)cc1. The van der Waals surface area contributed by atoms with Crippen molar-refractivity contribution in [2.24, 2.45) is 5.92 Å². The second-order valence-electron chi connectivity index (χ2n) is 7.64. The van der Waals surface area contributed by atoms with E-state index in [2.05, 4.69) is 45.1 Å². The first-order valence-electron chi connectivity index (χ1n) is 9.95. The van der Waals surface area contributed by atoms with Crippen molar-refractivity contribution >= 4 is 10.9 Å². The Hall–Kier alpha value is -2.46. The highest BCUT2D eigenvalue weighted by Gasteiger charge is 2.20. The fraction of sp³-hybridized carbons (Fsp3) is 0.391. The highest BCUT2D eigenvalue weighted by Crippen LogP contribution is 2.17. The number of aryl methyl sites for hydroxylation is 1. The van der Waals surface area contributed by atoms with Crippen LogP contribution >= 0.6 is 0 Å². The summed E-state index contributed by atoms with van der Waals surface area (Å²) in [6.45, 7) is 9.76. The summed E-state index contributed by atoms with van der Waals surface area (Å²) in [5.74, 6) is 1.48. The summed E-state index contributed by atoms with van der Waals surface area (Å²) in [5, 5.41) is 2.95. The first-order chi connectivity index (χ1) is 13.0. The number of aromatic nitrogens is 2. The molecule has 0 amide bonds. The van der Waals surface area contributed by atoms with E-state index in [0.717, 1.165) is 36.4 Å². The normalized spacial score (nSPS) is 12.6. The molecule has 0 radical (unpaired) electrons. The maximum absolute atomic E-state index is 13.3. The van der Waals surface area contributed by atoms with Gasteiger partial charge in [0, 0.05) is 0 Å². The number of hydrogen-bond donors (Lipinski definition) is 1. The minimum atomic E-state index is 0.00366. The van der Waals surface area contributed by atoms with Gasteiger partial charge in [-0.15, -0.1) is 0 Å². The molecule has 2 aromatic carbocycles. The molecular weight excluding hydrogens is 334 g/mol. The Morgan fingerprint density at radius 2 is 1.74 bits per heavy atom. The predicted molar refractivity (Wildman–Crippen MR) is 111 cm³/mol. The Morgan fingerprint density at radius 3 is 2.41 bits per heavy atom. The fourth-order valence-corrected chi connectivity index (χ4v) is 3.37. The monoisotopic (exact) mass is 364 g/mol. The lowest BCUT2D eigenvalue weighted by molar-refractivity contribution is -0.694. The van der Waals surface area contributed by atoms with Crippen molar-refractivity contribution in [3.8, 4) is 5.69 Å². The van der Waals surface area contributed by atoms with Crippen molar-refractivity contribution in [3.05, 3.63) is 70.3 Å². The standard InChI is InChI=1S/C23H29N3O/c1-5-18-10-12-19(13-11-18)26-22(17(4)24-15-14-16(2)3)25-21-9-7-6-8-20(21)23(26)27/h6-13,16-17,24H,5,14-15H2,1-4H3/p+1/t17-/m1/s1. The van der Waals surface area contributed by atoms with E-state index < -0.39 is 0 Å². The van der Waals surface area contributed by atoms with Crippen LogP contribution in [0.5, 0.6) is 0 Å². The fourth-order valence-electron chi connectivity index (χ4n) is 3.37.